The Morgan fingerprint density at radius 2 is 1.86 bits per heavy atom. The molecule has 0 aromatic heterocycles. The molecular formula is C19H31NO. The maximum absolute atomic E-state index is 5.53. The number of rotatable bonds is 8. The zero-order chi connectivity index (χ0) is 15.1. The maximum Gasteiger partial charge on any atom is 0.122 e. The molecule has 0 unspecified atom stereocenters. The van der Waals surface area contributed by atoms with Gasteiger partial charge in [0.15, 0.2) is 0 Å². The molecule has 118 valence electrons. The van der Waals surface area contributed by atoms with E-state index < -0.39 is 0 Å². The maximum atomic E-state index is 5.53. The highest BCUT2D eigenvalue weighted by atomic mass is 16.5. The van der Waals surface area contributed by atoms with Crippen molar-refractivity contribution in [3.05, 3.63) is 28.8 Å². The molecule has 0 radical (unpaired) electrons. The Kier molecular flexibility index (Phi) is 6.56. The average Bonchev–Trinajstić information content (AvgIpc) is 2.50. The minimum atomic E-state index is 0.832. The second-order valence-electron chi connectivity index (χ2n) is 6.66. The van der Waals surface area contributed by atoms with Crippen molar-refractivity contribution >= 4 is 0 Å². The second-order valence-corrected chi connectivity index (χ2v) is 6.66. The van der Waals surface area contributed by atoms with Crippen molar-refractivity contribution in [3.8, 4) is 5.75 Å². The van der Waals surface area contributed by atoms with Crippen molar-refractivity contribution in [1.29, 1.82) is 0 Å². The molecule has 2 heteroatoms. The van der Waals surface area contributed by atoms with Gasteiger partial charge in [0.25, 0.3) is 0 Å². The van der Waals surface area contributed by atoms with Crippen LogP contribution in [0.3, 0.4) is 0 Å². The largest absolute Gasteiger partial charge is 0.496 e. The molecule has 1 aromatic rings. The highest BCUT2D eigenvalue weighted by Crippen LogP contribution is 2.32. The molecule has 1 aliphatic carbocycles. The molecule has 0 fully saturated rings. The van der Waals surface area contributed by atoms with Gasteiger partial charge >= 0.3 is 0 Å². The number of unbranched alkanes of at least 4 members (excludes halogenated alkanes) is 1. The molecule has 1 aliphatic rings. The summed E-state index contributed by atoms with van der Waals surface area (Å²) in [5, 5.41) is 3.62. The fourth-order valence-electron chi connectivity index (χ4n) is 3.29. The zero-order valence-electron chi connectivity index (χ0n) is 14.0. The number of nitrogens with one attached hydrogen (secondary N) is 1. The van der Waals surface area contributed by atoms with Crippen LogP contribution in [0.1, 0.15) is 62.6 Å². The Labute approximate surface area is 130 Å². The third-order valence-electron chi connectivity index (χ3n) is 4.51. The molecular weight excluding hydrogens is 258 g/mol. The quantitative estimate of drug-likeness (QED) is 0.712. The first-order valence-corrected chi connectivity index (χ1v) is 8.60. The molecule has 21 heavy (non-hydrogen) atoms. The molecule has 0 saturated carbocycles. The standard InChI is InChI=1S/C19H31NO/c1-15(2)8-6-7-13-20-14-16-11-12-19(21-3)18-10-5-4-9-17(16)18/h11-12,15,20H,4-10,13-14H2,1-3H3. The van der Waals surface area contributed by atoms with Crippen LogP contribution in [-0.4, -0.2) is 13.7 Å². The molecule has 0 spiro atoms. The van der Waals surface area contributed by atoms with Gasteiger partial charge in [-0.25, -0.2) is 0 Å². The van der Waals surface area contributed by atoms with E-state index in [-0.39, 0.29) is 0 Å². The van der Waals surface area contributed by atoms with Crippen LogP contribution in [0.5, 0.6) is 5.75 Å². The van der Waals surface area contributed by atoms with E-state index in [4.69, 9.17) is 4.74 Å². The molecule has 0 atom stereocenters. The fraction of sp³-hybridized carbons (Fsp3) is 0.684. The predicted molar refractivity (Wildman–Crippen MR) is 90.0 cm³/mol. The van der Waals surface area contributed by atoms with Crippen LogP contribution in [0.25, 0.3) is 0 Å². The molecule has 0 bridgehead atoms. The highest BCUT2D eigenvalue weighted by Gasteiger charge is 2.17. The number of fused-ring (bicyclic) bond motifs is 1. The third kappa shape index (κ3) is 4.74. The van der Waals surface area contributed by atoms with Crippen LogP contribution in [0, 0.1) is 5.92 Å². The smallest absolute Gasteiger partial charge is 0.122 e. The fourth-order valence-corrected chi connectivity index (χ4v) is 3.29. The lowest BCUT2D eigenvalue weighted by Gasteiger charge is -2.22. The van der Waals surface area contributed by atoms with Crippen LogP contribution in [-0.2, 0) is 19.4 Å². The van der Waals surface area contributed by atoms with Crippen molar-refractivity contribution < 1.29 is 4.74 Å². The summed E-state index contributed by atoms with van der Waals surface area (Å²) in [6.07, 6.45) is 9.00. The van der Waals surface area contributed by atoms with Gasteiger partial charge in [-0.3, -0.25) is 0 Å². The minimum Gasteiger partial charge on any atom is -0.496 e. The lowest BCUT2D eigenvalue weighted by atomic mass is 9.87. The van der Waals surface area contributed by atoms with Gasteiger partial charge < -0.3 is 10.1 Å². The van der Waals surface area contributed by atoms with E-state index in [9.17, 15) is 0 Å². The van der Waals surface area contributed by atoms with Crippen LogP contribution < -0.4 is 10.1 Å². The first kappa shape index (κ1) is 16.4. The molecule has 0 saturated heterocycles. The van der Waals surface area contributed by atoms with Gasteiger partial charge in [-0.15, -0.1) is 0 Å². The SMILES string of the molecule is COc1ccc(CNCCCCC(C)C)c2c1CCCC2. The lowest BCUT2D eigenvalue weighted by molar-refractivity contribution is 0.405. The van der Waals surface area contributed by atoms with Crippen LogP contribution in [0.2, 0.25) is 0 Å². The third-order valence-corrected chi connectivity index (χ3v) is 4.51. The Morgan fingerprint density at radius 1 is 1.10 bits per heavy atom. The summed E-state index contributed by atoms with van der Waals surface area (Å²) in [6.45, 7) is 6.75. The highest BCUT2D eigenvalue weighted by molar-refractivity contribution is 5.46. The summed E-state index contributed by atoms with van der Waals surface area (Å²) in [7, 11) is 1.79. The van der Waals surface area contributed by atoms with E-state index in [1.54, 1.807) is 12.7 Å². The van der Waals surface area contributed by atoms with E-state index in [2.05, 4.69) is 31.3 Å². The summed E-state index contributed by atoms with van der Waals surface area (Å²) in [4.78, 5) is 0. The van der Waals surface area contributed by atoms with E-state index in [1.165, 1.54) is 56.1 Å². The van der Waals surface area contributed by atoms with Crippen molar-refractivity contribution in [3.63, 3.8) is 0 Å². The normalized spacial score (nSPS) is 14.3. The topological polar surface area (TPSA) is 21.3 Å². The first-order valence-electron chi connectivity index (χ1n) is 8.60. The van der Waals surface area contributed by atoms with E-state index >= 15 is 0 Å². The first-order chi connectivity index (χ1) is 10.2. The average molecular weight is 289 g/mol. The number of methoxy groups -OCH3 is 1. The van der Waals surface area contributed by atoms with Gasteiger partial charge in [-0.1, -0.05) is 32.8 Å². The van der Waals surface area contributed by atoms with Gasteiger partial charge in [0.2, 0.25) is 0 Å². The molecule has 0 aliphatic heterocycles. The number of ether oxygens (including phenoxy) is 1. The zero-order valence-corrected chi connectivity index (χ0v) is 14.0. The molecule has 0 amide bonds. The van der Waals surface area contributed by atoms with Crippen molar-refractivity contribution in [1.82, 2.24) is 5.32 Å². The Morgan fingerprint density at radius 3 is 2.57 bits per heavy atom. The van der Waals surface area contributed by atoms with Gasteiger partial charge in [-0.05, 0) is 67.3 Å². The van der Waals surface area contributed by atoms with Gasteiger partial charge in [0.05, 0.1) is 7.11 Å². The Hall–Kier alpha value is -1.02. The van der Waals surface area contributed by atoms with Crippen LogP contribution >= 0.6 is 0 Å². The van der Waals surface area contributed by atoms with E-state index in [0.717, 1.165) is 24.8 Å². The molecule has 2 nitrogen and oxygen atoms in total. The van der Waals surface area contributed by atoms with Crippen LogP contribution in [0.4, 0.5) is 0 Å². The number of hydrogen-bond acceptors (Lipinski definition) is 2. The van der Waals surface area contributed by atoms with E-state index in [1.807, 2.05) is 0 Å². The summed E-state index contributed by atoms with van der Waals surface area (Å²) >= 11 is 0. The van der Waals surface area contributed by atoms with Gasteiger partial charge in [0, 0.05) is 6.54 Å². The second kappa shape index (κ2) is 8.43. The minimum absolute atomic E-state index is 0.832. The van der Waals surface area contributed by atoms with Crippen molar-refractivity contribution in [2.45, 2.75) is 65.3 Å². The number of benzene rings is 1. The summed E-state index contributed by atoms with van der Waals surface area (Å²) in [6, 6.07) is 4.41. The molecule has 2 rings (SSSR count). The number of hydrogen-bond donors (Lipinski definition) is 1. The van der Waals surface area contributed by atoms with Gasteiger partial charge in [-0.2, -0.15) is 0 Å². The van der Waals surface area contributed by atoms with Crippen molar-refractivity contribution in [2.75, 3.05) is 13.7 Å². The predicted octanol–water partition coefficient (Wildman–Crippen LogP) is 4.49. The summed E-state index contributed by atoms with van der Waals surface area (Å²) in [5.74, 6) is 1.92. The Bertz CT molecular complexity index is 439. The molecule has 1 aromatic carbocycles. The Balaban J connectivity index is 1.86. The lowest BCUT2D eigenvalue weighted by Crippen LogP contribution is -2.18. The van der Waals surface area contributed by atoms with E-state index in [0.29, 0.717) is 0 Å². The summed E-state index contributed by atoms with van der Waals surface area (Å²) < 4.78 is 5.53. The molecule has 0 heterocycles. The van der Waals surface area contributed by atoms with Gasteiger partial charge in [0.1, 0.15) is 5.75 Å². The molecule has 1 N–H and O–H groups in total. The van der Waals surface area contributed by atoms with Crippen LogP contribution in [0.15, 0.2) is 12.1 Å². The van der Waals surface area contributed by atoms with Crippen molar-refractivity contribution in [2.24, 2.45) is 5.92 Å². The summed E-state index contributed by atoms with van der Waals surface area (Å²) in [5.41, 5.74) is 4.49. The monoisotopic (exact) mass is 289 g/mol.